The van der Waals surface area contributed by atoms with Crippen LogP contribution in [-0.2, 0) is 4.79 Å². The fourth-order valence-corrected chi connectivity index (χ4v) is 2.71. The zero-order valence-corrected chi connectivity index (χ0v) is 14.6. The van der Waals surface area contributed by atoms with Gasteiger partial charge in [0.05, 0.1) is 0 Å². The van der Waals surface area contributed by atoms with Crippen molar-refractivity contribution in [3.05, 3.63) is 70.3 Å². The van der Waals surface area contributed by atoms with Gasteiger partial charge in [-0.15, -0.1) is 0 Å². The summed E-state index contributed by atoms with van der Waals surface area (Å²) in [6, 6.07) is 12.5. The van der Waals surface area contributed by atoms with Crippen molar-refractivity contribution in [2.45, 2.75) is 40.5 Å². The highest BCUT2D eigenvalue weighted by atomic mass is 16.1. The number of anilines is 1. The Morgan fingerprint density at radius 1 is 1.00 bits per heavy atom. The Morgan fingerprint density at radius 2 is 1.57 bits per heavy atom. The van der Waals surface area contributed by atoms with Crippen LogP contribution in [0.5, 0.6) is 0 Å². The fraction of sp³-hybridized carbons (Fsp3) is 0.286. The van der Waals surface area contributed by atoms with Gasteiger partial charge in [0.25, 0.3) is 0 Å². The van der Waals surface area contributed by atoms with Crippen molar-refractivity contribution in [2.75, 3.05) is 5.32 Å². The third-order valence-electron chi connectivity index (χ3n) is 3.96. The van der Waals surface area contributed by atoms with E-state index in [0.717, 1.165) is 22.4 Å². The van der Waals surface area contributed by atoms with Gasteiger partial charge in [-0.05, 0) is 55.0 Å². The number of carbonyl (C=O) groups excluding carboxylic acids is 1. The third kappa shape index (κ3) is 4.56. The summed E-state index contributed by atoms with van der Waals surface area (Å²) in [6.45, 7) is 10.4. The Balaban J connectivity index is 2.07. The van der Waals surface area contributed by atoms with Gasteiger partial charge in [0.15, 0.2) is 0 Å². The molecule has 0 radical (unpaired) electrons. The lowest BCUT2D eigenvalue weighted by Gasteiger charge is -2.11. The summed E-state index contributed by atoms with van der Waals surface area (Å²) in [5.41, 5.74) is 6.62. The third-order valence-corrected chi connectivity index (χ3v) is 3.96. The number of hydrogen-bond donors (Lipinski definition) is 1. The van der Waals surface area contributed by atoms with Crippen LogP contribution in [0.2, 0.25) is 0 Å². The molecule has 2 nitrogen and oxygen atoms in total. The number of rotatable bonds is 4. The number of aryl methyl sites for hydroxylation is 3. The van der Waals surface area contributed by atoms with Crippen molar-refractivity contribution in [1.29, 1.82) is 0 Å². The highest BCUT2D eigenvalue weighted by Crippen LogP contribution is 2.22. The maximum absolute atomic E-state index is 12.2. The highest BCUT2D eigenvalue weighted by molar-refractivity contribution is 6.02. The van der Waals surface area contributed by atoms with E-state index < -0.39 is 0 Å². The van der Waals surface area contributed by atoms with Gasteiger partial charge in [0.2, 0.25) is 5.91 Å². The standard InChI is InChI=1S/C21H25NO/c1-14(2)19-9-6-18(7-10-19)8-11-20(23)22-21-16(4)12-15(3)13-17(21)5/h6-14H,1-5H3,(H,22,23)/b11-8+. The second-order valence-corrected chi connectivity index (χ2v) is 6.42. The van der Waals surface area contributed by atoms with Gasteiger partial charge in [0.1, 0.15) is 0 Å². The number of benzene rings is 2. The summed E-state index contributed by atoms with van der Waals surface area (Å²) in [5, 5.41) is 2.98. The Hall–Kier alpha value is -2.35. The molecular weight excluding hydrogens is 282 g/mol. The molecule has 1 amide bonds. The number of amides is 1. The first-order chi connectivity index (χ1) is 10.9. The average Bonchev–Trinajstić information content (AvgIpc) is 2.49. The predicted octanol–water partition coefficient (Wildman–Crippen LogP) is 5.39. The Morgan fingerprint density at radius 3 is 2.09 bits per heavy atom. The second kappa shape index (κ2) is 7.28. The molecule has 0 aliphatic heterocycles. The summed E-state index contributed by atoms with van der Waals surface area (Å²) in [7, 11) is 0. The minimum Gasteiger partial charge on any atom is -0.322 e. The summed E-state index contributed by atoms with van der Waals surface area (Å²) in [5.74, 6) is 0.414. The summed E-state index contributed by atoms with van der Waals surface area (Å²) in [4.78, 5) is 12.2. The van der Waals surface area contributed by atoms with E-state index in [0.29, 0.717) is 5.92 Å². The lowest BCUT2D eigenvalue weighted by atomic mass is 10.0. The van der Waals surface area contributed by atoms with Gasteiger partial charge in [0, 0.05) is 11.8 Å². The van der Waals surface area contributed by atoms with Crippen molar-refractivity contribution < 1.29 is 4.79 Å². The van der Waals surface area contributed by atoms with E-state index in [4.69, 9.17) is 0 Å². The molecule has 0 bridgehead atoms. The summed E-state index contributed by atoms with van der Waals surface area (Å²) >= 11 is 0. The molecule has 0 spiro atoms. The lowest BCUT2D eigenvalue weighted by Crippen LogP contribution is -2.10. The quantitative estimate of drug-likeness (QED) is 0.754. The van der Waals surface area contributed by atoms with Crippen LogP contribution in [0.25, 0.3) is 6.08 Å². The van der Waals surface area contributed by atoms with E-state index in [-0.39, 0.29) is 5.91 Å². The highest BCUT2D eigenvalue weighted by Gasteiger charge is 2.06. The Bertz CT molecular complexity index is 701. The zero-order chi connectivity index (χ0) is 17.0. The van der Waals surface area contributed by atoms with Crippen LogP contribution in [0.3, 0.4) is 0 Å². The monoisotopic (exact) mass is 307 g/mol. The maximum atomic E-state index is 12.2. The first-order valence-corrected chi connectivity index (χ1v) is 8.03. The normalized spacial score (nSPS) is 11.2. The zero-order valence-electron chi connectivity index (χ0n) is 14.6. The van der Waals surface area contributed by atoms with E-state index in [1.54, 1.807) is 6.08 Å². The molecule has 0 heterocycles. The van der Waals surface area contributed by atoms with E-state index in [1.807, 2.05) is 32.1 Å². The van der Waals surface area contributed by atoms with Gasteiger partial charge in [-0.25, -0.2) is 0 Å². The van der Waals surface area contributed by atoms with Crippen LogP contribution in [0.4, 0.5) is 5.69 Å². The van der Waals surface area contributed by atoms with Gasteiger partial charge >= 0.3 is 0 Å². The Labute approximate surface area is 139 Å². The molecule has 0 fully saturated rings. The molecule has 2 aromatic carbocycles. The average molecular weight is 307 g/mol. The number of nitrogens with one attached hydrogen (secondary N) is 1. The molecule has 0 aliphatic carbocycles. The van der Waals surface area contributed by atoms with Crippen LogP contribution in [0.15, 0.2) is 42.5 Å². The van der Waals surface area contributed by atoms with Crippen LogP contribution in [0.1, 0.15) is 47.6 Å². The van der Waals surface area contributed by atoms with E-state index in [1.165, 1.54) is 11.1 Å². The molecule has 23 heavy (non-hydrogen) atoms. The summed E-state index contributed by atoms with van der Waals surface area (Å²) in [6.07, 6.45) is 3.43. The minimum atomic E-state index is -0.104. The smallest absolute Gasteiger partial charge is 0.248 e. The molecule has 0 aromatic heterocycles. The van der Waals surface area contributed by atoms with E-state index in [2.05, 4.69) is 50.4 Å². The van der Waals surface area contributed by atoms with E-state index in [9.17, 15) is 4.79 Å². The maximum Gasteiger partial charge on any atom is 0.248 e. The van der Waals surface area contributed by atoms with Crippen molar-refractivity contribution in [3.63, 3.8) is 0 Å². The molecule has 2 heteroatoms. The molecule has 1 N–H and O–H groups in total. The van der Waals surface area contributed by atoms with Crippen LogP contribution in [0, 0.1) is 20.8 Å². The first-order valence-electron chi connectivity index (χ1n) is 8.03. The molecule has 0 unspecified atom stereocenters. The molecular formula is C21H25NO. The lowest BCUT2D eigenvalue weighted by molar-refractivity contribution is -0.111. The Kier molecular flexibility index (Phi) is 5.38. The van der Waals surface area contributed by atoms with Crippen molar-refractivity contribution >= 4 is 17.7 Å². The number of hydrogen-bond acceptors (Lipinski definition) is 1. The minimum absolute atomic E-state index is 0.104. The number of carbonyl (C=O) groups is 1. The van der Waals surface area contributed by atoms with Gasteiger partial charge in [-0.2, -0.15) is 0 Å². The van der Waals surface area contributed by atoms with E-state index >= 15 is 0 Å². The molecule has 0 aliphatic rings. The van der Waals surface area contributed by atoms with Gasteiger partial charge in [-0.3, -0.25) is 4.79 Å². The molecule has 0 saturated heterocycles. The van der Waals surface area contributed by atoms with Crippen molar-refractivity contribution in [1.82, 2.24) is 0 Å². The SMILES string of the molecule is Cc1cc(C)c(NC(=O)/C=C/c2ccc(C(C)C)cc2)c(C)c1. The molecule has 2 rings (SSSR count). The van der Waals surface area contributed by atoms with Crippen LogP contribution in [-0.4, -0.2) is 5.91 Å². The van der Waals surface area contributed by atoms with Crippen molar-refractivity contribution in [3.8, 4) is 0 Å². The fourth-order valence-electron chi connectivity index (χ4n) is 2.71. The predicted molar refractivity (Wildman–Crippen MR) is 98.8 cm³/mol. The van der Waals surface area contributed by atoms with Gasteiger partial charge in [-0.1, -0.05) is 55.8 Å². The largest absolute Gasteiger partial charge is 0.322 e. The second-order valence-electron chi connectivity index (χ2n) is 6.42. The first kappa shape index (κ1) is 17.0. The summed E-state index contributed by atoms with van der Waals surface area (Å²) < 4.78 is 0. The molecule has 0 atom stereocenters. The molecule has 2 aromatic rings. The molecule has 0 saturated carbocycles. The molecule has 120 valence electrons. The van der Waals surface area contributed by atoms with Gasteiger partial charge < -0.3 is 5.32 Å². The topological polar surface area (TPSA) is 29.1 Å². The van der Waals surface area contributed by atoms with Crippen LogP contribution >= 0.6 is 0 Å². The van der Waals surface area contributed by atoms with Crippen LogP contribution < -0.4 is 5.32 Å². The van der Waals surface area contributed by atoms with Crippen molar-refractivity contribution in [2.24, 2.45) is 0 Å².